The smallest absolute Gasteiger partial charge is 0.234 e. The van der Waals surface area contributed by atoms with Gasteiger partial charge in [0, 0.05) is 7.05 Å². The summed E-state index contributed by atoms with van der Waals surface area (Å²) in [6.45, 7) is 0.303. The number of amides is 1. The van der Waals surface area contributed by atoms with Crippen molar-refractivity contribution in [1.82, 2.24) is 20.1 Å². The Morgan fingerprint density at radius 1 is 1.85 bits per heavy atom. The Balaban J connectivity index is 2.40. The van der Waals surface area contributed by atoms with Gasteiger partial charge in [-0.15, -0.1) is 10.2 Å². The average molecular weight is 179 g/mol. The minimum absolute atomic E-state index is 0.127. The largest absolute Gasteiger partial charge is 0.348 e. The van der Waals surface area contributed by atoms with Crippen molar-refractivity contribution in [2.75, 3.05) is 0 Å². The first kappa shape index (κ1) is 9.19. The predicted molar refractivity (Wildman–Crippen MR) is 43.1 cm³/mol. The third-order valence-corrected chi connectivity index (χ3v) is 1.49. The van der Waals surface area contributed by atoms with Crippen molar-refractivity contribution in [3.63, 3.8) is 0 Å². The summed E-state index contributed by atoms with van der Waals surface area (Å²) in [5.41, 5.74) is 0. The third kappa shape index (κ3) is 2.56. The highest BCUT2D eigenvalue weighted by molar-refractivity contribution is 5.77. The number of rotatable bonds is 3. The Bertz CT molecular complexity index is 337. The first-order valence-corrected chi connectivity index (χ1v) is 3.70. The Morgan fingerprint density at radius 2 is 2.62 bits per heavy atom. The van der Waals surface area contributed by atoms with E-state index in [4.69, 9.17) is 5.26 Å². The van der Waals surface area contributed by atoms with E-state index in [0.717, 1.165) is 0 Å². The molecule has 13 heavy (non-hydrogen) atoms. The van der Waals surface area contributed by atoms with E-state index < -0.39 is 0 Å². The molecule has 1 amide bonds. The molecule has 1 N–H and O–H groups in total. The van der Waals surface area contributed by atoms with Crippen LogP contribution < -0.4 is 5.32 Å². The number of hydrogen-bond donors (Lipinski definition) is 1. The summed E-state index contributed by atoms with van der Waals surface area (Å²) in [5, 5.41) is 18.2. The molecule has 0 aliphatic rings. The van der Waals surface area contributed by atoms with Crippen LogP contribution in [0.4, 0.5) is 0 Å². The summed E-state index contributed by atoms with van der Waals surface area (Å²) in [7, 11) is 1.78. The Hall–Kier alpha value is -1.90. The molecule has 1 aromatic heterocycles. The van der Waals surface area contributed by atoms with Crippen LogP contribution in [0.25, 0.3) is 0 Å². The van der Waals surface area contributed by atoms with Crippen LogP contribution in [0.5, 0.6) is 0 Å². The molecule has 0 bridgehead atoms. The molecule has 1 aromatic rings. The average Bonchev–Trinajstić information content (AvgIpc) is 2.48. The van der Waals surface area contributed by atoms with Gasteiger partial charge in [-0.3, -0.25) is 4.79 Å². The maximum atomic E-state index is 10.9. The van der Waals surface area contributed by atoms with E-state index >= 15 is 0 Å². The molecule has 1 heterocycles. The summed E-state index contributed by atoms with van der Waals surface area (Å²) in [4.78, 5) is 10.9. The summed E-state index contributed by atoms with van der Waals surface area (Å²) in [6.07, 6.45) is 1.42. The van der Waals surface area contributed by atoms with E-state index in [9.17, 15) is 4.79 Å². The van der Waals surface area contributed by atoms with Gasteiger partial charge < -0.3 is 9.88 Å². The van der Waals surface area contributed by atoms with Gasteiger partial charge in [0.15, 0.2) is 5.82 Å². The van der Waals surface area contributed by atoms with Gasteiger partial charge in [0.25, 0.3) is 0 Å². The maximum absolute atomic E-state index is 10.9. The zero-order valence-corrected chi connectivity index (χ0v) is 7.19. The third-order valence-electron chi connectivity index (χ3n) is 1.49. The summed E-state index contributed by atoms with van der Waals surface area (Å²) in [5.74, 6) is 0.358. The minimum atomic E-state index is -0.300. The summed E-state index contributed by atoms with van der Waals surface area (Å²) < 4.78 is 1.70. The topological polar surface area (TPSA) is 83.6 Å². The van der Waals surface area contributed by atoms with E-state index in [2.05, 4.69) is 15.5 Å². The number of nitrogens with zero attached hydrogens (tertiary/aromatic N) is 4. The second-order valence-electron chi connectivity index (χ2n) is 2.47. The van der Waals surface area contributed by atoms with Crippen LogP contribution in [-0.4, -0.2) is 20.7 Å². The van der Waals surface area contributed by atoms with Crippen LogP contribution in [0.3, 0.4) is 0 Å². The van der Waals surface area contributed by atoms with Crippen molar-refractivity contribution in [3.05, 3.63) is 12.2 Å². The molecule has 0 saturated heterocycles. The van der Waals surface area contributed by atoms with E-state index in [1.165, 1.54) is 0 Å². The van der Waals surface area contributed by atoms with Crippen LogP contribution in [-0.2, 0) is 18.4 Å². The van der Waals surface area contributed by atoms with Crippen molar-refractivity contribution in [1.29, 1.82) is 5.26 Å². The second kappa shape index (κ2) is 4.21. The van der Waals surface area contributed by atoms with Crippen molar-refractivity contribution in [2.24, 2.45) is 7.05 Å². The van der Waals surface area contributed by atoms with Gasteiger partial charge in [-0.05, 0) is 0 Å². The number of nitrogens with one attached hydrogen (secondary N) is 1. The molecular weight excluding hydrogens is 170 g/mol. The van der Waals surface area contributed by atoms with Crippen LogP contribution in [0.1, 0.15) is 12.2 Å². The molecule has 6 nitrogen and oxygen atoms in total. The normalized spacial score (nSPS) is 9.23. The van der Waals surface area contributed by atoms with Crippen molar-refractivity contribution in [3.8, 4) is 6.07 Å². The molecule has 0 atom stereocenters. The van der Waals surface area contributed by atoms with Gasteiger partial charge in [0.05, 0.1) is 12.6 Å². The molecule has 0 unspecified atom stereocenters. The molecule has 0 fully saturated rings. The Labute approximate surface area is 75.2 Å². The molecule has 0 aliphatic heterocycles. The lowest BCUT2D eigenvalue weighted by atomic mass is 10.4. The number of nitriles is 1. The molecule has 0 saturated carbocycles. The molecule has 68 valence electrons. The molecule has 1 rings (SSSR count). The molecule has 0 spiro atoms. The zero-order valence-electron chi connectivity index (χ0n) is 7.19. The van der Waals surface area contributed by atoms with Gasteiger partial charge >= 0.3 is 0 Å². The Kier molecular flexibility index (Phi) is 2.97. The minimum Gasteiger partial charge on any atom is -0.348 e. The van der Waals surface area contributed by atoms with Crippen molar-refractivity contribution < 1.29 is 4.79 Å². The SMILES string of the molecule is Cn1cnnc1CNC(=O)CC#N. The van der Waals surface area contributed by atoms with Gasteiger partial charge in [-0.1, -0.05) is 0 Å². The lowest BCUT2D eigenvalue weighted by Gasteiger charge is -2.00. The quantitative estimate of drug-likeness (QED) is 0.668. The highest BCUT2D eigenvalue weighted by Gasteiger charge is 2.03. The van der Waals surface area contributed by atoms with Gasteiger partial charge in [0.1, 0.15) is 12.7 Å². The van der Waals surface area contributed by atoms with Gasteiger partial charge in [-0.25, -0.2) is 0 Å². The Morgan fingerprint density at radius 3 is 3.15 bits per heavy atom. The second-order valence-corrected chi connectivity index (χ2v) is 2.47. The fourth-order valence-electron chi connectivity index (χ4n) is 0.779. The number of carbonyl (C=O) groups excluding carboxylic acids is 1. The van der Waals surface area contributed by atoms with E-state index in [1.54, 1.807) is 24.0 Å². The standard InChI is InChI=1S/C7H9N5O/c1-12-5-10-11-6(12)4-9-7(13)2-3-8/h5H,2,4H2,1H3,(H,9,13). The highest BCUT2D eigenvalue weighted by Crippen LogP contribution is 1.90. The fourth-order valence-corrected chi connectivity index (χ4v) is 0.779. The van der Waals surface area contributed by atoms with Gasteiger partial charge in [-0.2, -0.15) is 5.26 Å². The first-order valence-electron chi connectivity index (χ1n) is 3.70. The molecule has 0 aromatic carbocycles. The number of aryl methyl sites for hydroxylation is 1. The number of aromatic nitrogens is 3. The molecule has 0 aliphatic carbocycles. The highest BCUT2D eigenvalue weighted by atomic mass is 16.1. The van der Waals surface area contributed by atoms with Gasteiger partial charge in [0.2, 0.25) is 5.91 Å². The fraction of sp³-hybridized carbons (Fsp3) is 0.429. The predicted octanol–water partition coefficient (Wildman–Crippen LogP) is -0.655. The zero-order chi connectivity index (χ0) is 9.68. The summed E-state index contributed by atoms with van der Waals surface area (Å²) in [6, 6.07) is 1.76. The van der Waals surface area contributed by atoms with E-state index in [1.807, 2.05) is 0 Å². The van der Waals surface area contributed by atoms with Crippen molar-refractivity contribution in [2.45, 2.75) is 13.0 Å². The first-order chi connectivity index (χ1) is 6.24. The van der Waals surface area contributed by atoms with E-state index in [-0.39, 0.29) is 12.3 Å². The van der Waals surface area contributed by atoms with Crippen molar-refractivity contribution >= 4 is 5.91 Å². The molecular formula is C7H9N5O. The van der Waals surface area contributed by atoms with Crippen LogP contribution in [0.2, 0.25) is 0 Å². The monoisotopic (exact) mass is 179 g/mol. The number of hydrogen-bond acceptors (Lipinski definition) is 4. The molecule has 0 radical (unpaired) electrons. The summed E-state index contributed by atoms with van der Waals surface area (Å²) >= 11 is 0. The molecule has 6 heteroatoms. The van der Waals surface area contributed by atoms with Crippen LogP contribution >= 0.6 is 0 Å². The van der Waals surface area contributed by atoms with Crippen LogP contribution in [0.15, 0.2) is 6.33 Å². The lowest BCUT2D eigenvalue weighted by Crippen LogP contribution is -2.23. The van der Waals surface area contributed by atoms with Crippen LogP contribution in [0, 0.1) is 11.3 Å². The van der Waals surface area contributed by atoms with E-state index in [0.29, 0.717) is 12.4 Å². The number of carbonyl (C=O) groups is 1. The maximum Gasteiger partial charge on any atom is 0.234 e. The lowest BCUT2D eigenvalue weighted by molar-refractivity contribution is -0.120.